The summed E-state index contributed by atoms with van der Waals surface area (Å²) < 4.78 is 28.5. The van der Waals surface area contributed by atoms with Crippen molar-refractivity contribution in [2.45, 2.75) is 31.2 Å². The van der Waals surface area contributed by atoms with Crippen LogP contribution < -0.4 is 10.0 Å². The Labute approximate surface area is 152 Å². The third-order valence-electron chi connectivity index (χ3n) is 4.35. The molecule has 3 rings (SSSR count). The van der Waals surface area contributed by atoms with Crippen molar-refractivity contribution < 1.29 is 13.2 Å². The third-order valence-corrected chi connectivity index (χ3v) is 5.75. The lowest BCUT2D eigenvalue weighted by atomic mass is 9.98. The molecular formula is C17H21N5O3S. The lowest BCUT2D eigenvalue weighted by Gasteiger charge is -2.19. The molecule has 1 amide bonds. The van der Waals surface area contributed by atoms with Gasteiger partial charge in [0.15, 0.2) is 0 Å². The normalized spacial score (nSPS) is 18.8. The van der Waals surface area contributed by atoms with E-state index in [1.54, 1.807) is 42.3 Å². The number of anilines is 1. The zero-order valence-electron chi connectivity index (χ0n) is 14.8. The highest BCUT2D eigenvalue weighted by Gasteiger charge is 2.33. The first kappa shape index (κ1) is 18.1. The van der Waals surface area contributed by atoms with Gasteiger partial charge >= 0.3 is 0 Å². The Balaban J connectivity index is 1.94. The molecule has 1 aromatic carbocycles. The Morgan fingerprint density at radius 2 is 2.12 bits per heavy atom. The number of benzene rings is 1. The monoisotopic (exact) mass is 375 g/mol. The number of nitrogens with zero attached hydrogens (tertiary/aromatic N) is 3. The molecule has 138 valence electrons. The topological polar surface area (TPSA) is 105 Å². The number of carbonyl (C=O) groups is 1. The summed E-state index contributed by atoms with van der Waals surface area (Å²) in [4.78, 5) is 17.4. The van der Waals surface area contributed by atoms with E-state index in [1.807, 2.05) is 13.8 Å². The summed E-state index contributed by atoms with van der Waals surface area (Å²) >= 11 is 0. The van der Waals surface area contributed by atoms with Gasteiger partial charge in [-0.1, -0.05) is 32.4 Å². The molecule has 1 aliphatic heterocycles. The fourth-order valence-corrected chi connectivity index (χ4v) is 3.98. The van der Waals surface area contributed by atoms with Crippen LogP contribution in [0, 0.1) is 5.92 Å². The summed E-state index contributed by atoms with van der Waals surface area (Å²) in [6.07, 6.45) is 3.95. The number of amides is 1. The number of aryl methyl sites for hydroxylation is 1. The van der Waals surface area contributed by atoms with Crippen molar-refractivity contribution in [3.8, 4) is 0 Å². The highest BCUT2D eigenvalue weighted by atomic mass is 32.2. The second-order valence-corrected chi connectivity index (χ2v) is 7.95. The van der Waals surface area contributed by atoms with E-state index in [0.29, 0.717) is 11.3 Å². The number of hydrogen-bond acceptors (Lipinski definition) is 5. The van der Waals surface area contributed by atoms with E-state index in [4.69, 9.17) is 0 Å². The van der Waals surface area contributed by atoms with Crippen LogP contribution >= 0.6 is 0 Å². The molecule has 0 fully saturated rings. The number of amidine groups is 1. The van der Waals surface area contributed by atoms with Gasteiger partial charge in [0.1, 0.15) is 11.9 Å². The van der Waals surface area contributed by atoms with E-state index in [0.717, 1.165) is 6.42 Å². The number of hydrogen-bond donors (Lipinski definition) is 2. The van der Waals surface area contributed by atoms with Gasteiger partial charge in [0, 0.05) is 18.8 Å². The third kappa shape index (κ3) is 3.48. The number of nitrogens with one attached hydrogen (secondary N) is 2. The van der Waals surface area contributed by atoms with Gasteiger partial charge in [-0.05, 0) is 18.1 Å². The van der Waals surface area contributed by atoms with Crippen LogP contribution in [0.1, 0.15) is 25.8 Å². The molecule has 1 aliphatic rings. The summed E-state index contributed by atoms with van der Waals surface area (Å²) in [5.41, 5.74) is 1.05. The van der Waals surface area contributed by atoms with Gasteiger partial charge in [-0.15, -0.1) is 0 Å². The average molecular weight is 375 g/mol. The van der Waals surface area contributed by atoms with E-state index in [-0.39, 0.29) is 22.6 Å². The van der Waals surface area contributed by atoms with Crippen LogP contribution in [0.5, 0.6) is 0 Å². The van der Waals surface area contributed by atoms with Crippen LogP contribution in [-0.2, 0) is 21.9 Å². The van der Waals surface area contributed by atoms with Gasteiger partial charge in [-0.2, -0.15) is 5.10 Å². The predicted molar refractivity (Wildman–Crippen MR) is 98.4 cm³/mol. The van der Waals surface area contributed by atoms with Crippen molar-refractivity contribution in [3.63, 3.8) is 0 Å². The Kier molecular flexibility index (Phi) is 4.82. The molecule has 0 saturated carbocycles. The lowest BCUT2D eigenvalue weighted by molar-refractivity contribution is -0.118. The molecule has 0 bridgehead atoms. The van der Waals surface area contributed by atoms with E-state index in [1.165, 1.54) is 6.07 Å². The summed E-state index contributed by atoms with van der Waals surface area (Å²) in [6.45, 7) is 3.87. The Morgan fingerprint density at radius 3 is 2.77 bits per heavy atom. The maximum atomic E-state index is 12.8. The van der Waals surface area contributed by atoms with Gasteiger partial charge in [0.05, 0.1) is 16.8 Å². The largest absolute Gasteiger partial charge is 0.322 e. The van der Waals surface area contributed by atoms with Gasteiger partial charge in [0.2, 0.25) is 5.91 Å². The zero-order valence-corrected chi connectivity index (χ0v) is 15.6. The highest BCUT2D eigenvalue weighted by molar-refractivity contribution is 7.90. The molecule has 0 saturated heterocycles. The van der Waals surface area contributed by atoms with Crippen molar-refractivity contribution in [1.82, 2.24) is 14.5 Å². The molecule has 9 heteroatoms. The minimum atomic E-state index is -3.64. The van der Waals surface area contributed by atoms with E-state index >= 15 is 0 Å². The molecule has 0 spiro atoms. The minimum absolute atomic E-state index is 0.0727. The summed E-state index contributed by atoms with van der Waals surface area (Å²) in [7, 11) is -1.88. The number of sulfonamides is 1. The van der Waals surface area contributed by atoms with Gasteiger partial charge < -0.3 is 5.32 Å². The van der Waals surface area contributed by atoms with Crippen LogP contribution in [0.2, 0.25) is 0 Å². The number of fused-ring (bicyclic) bond motifs is 1. The summed E-state index contributed by atoms with van der Waals surface area (Å²) in [5, 5.41) is 6.81. The molecule has 0 unspecified atom stereocenters. The van der Waals surface area contributed by atoms with Crippen LogP contribution in [0.25, 0.3) is 0 Å². The smallest absolute Gasteiger partial charge is 0.263 e. The van der Waals surface area contributed by atoms with Crippen molar-refractivity contribution in [2.24, 2.45) is 18.0 Å². The summed E-state index contributed by atoms with van der Waals surface area (Å²) in [5.74, 6) is -0.174. The Hall–Kier alpha value is -2.68. The first-order valence-corrected chi connectivity index (χ1v) is 9.79. The van der Waals surface area contributed by atoms with Crippen molar-refractivity contribution in [3.05, 3.63) is 42.2 Å². The van der Waals surface area contributed by atoms with Gasteiger partial charge in [-0.3, -0.25) is 19.2 Å². The molecule has 2 heterocycles. The number of aromatic nitrogens is 2. The fourth-order valence-electron chi connectivity index (χ4n) is 2.74. The molecule has 26 heavy (non-hydrogen) atoms. The first-order chi connectivity index (χ1) is 12.3. The Morgan fingerprint density at radius 1 is 1.38 bits per heavy atom. The number of rotatable bonds is 5. The van der Waals surface area contributed by atoms with Crippen LogP contribution in [0.3, 0.4) is 0 Å². The van der Waals surface area contributed by atoms with E-state index in [2.05, 4.69) is 20.1 Å². The molecule has 0 radical (unpaired) electrons. The van der Waals surface area contributed by atoms with Crippen molar-refractivity contribution >= 4 is 27.5 Å². The maximum Gasteiger partial charge on any atom is 0.263 e. The molecule has 0 aliphatic carbocycles. The van der Waals surface area contributed by atoms with Crippen LogP contribution in [0.15, 0.2) is 46.5 Å². The van der Waals surface area contributed by atoms with Gasteiger partial charge in [0.25, 0.3) is 10.0 Å². The molecule has 2 aromatic rings. The number of carbonyl (C=O) groups excluding carboxylic acids is 1. The Bertz CT molecular complexity index is 964. The number of aliphatic imine (C=N–C) groups is 1. The predicted octanol–water partition coefficient (Wildman–Crippen LogP) is 1.51. The lowest BCUT2D eigenvalue weighted by Crippen LogP contribution is -2.34. The SMILES string of the molecule is CC[C@H](C)[C@H](N=C1NS(=O)(=O)c2ccccc21)C(=O)Nc1cnn(C)c1. The highest BCUT2D eigenvalue weighted by Crippen LogP contribution is 2.24. The standard InChI is InChI=1S/C17H21N5O3S/c1-4-11(2)15(17(23)19-12-9-18-22(3)10-12)20-16-13-7-5-6-8-14(13)26(24,25)21-16/h5-11,15H,4H2,1-3H3,(H,19,23)(H,20,21)/t11-,15-/m0/s1. The first-order valence-electron chi connectivity index (χ1n) is 8.31. The maximum absolute atomic E-state index is 12.8. The van der Waals surface area contributed by atoms with E-state index in [9.17, 15) is 13.2 Å². The zero-order chi connectivity index (χ0) is 18.9. The van der Waals surface area contributed by atoms with Gasteiger partial charge in [-0.25, -0.2) is 8.42 Å². The molecule has 2 N–H and O–H groups in total. The fraction of sp³-hybridized carbons (Fsp3) is 0.353. The van der Waals surface area contributed by atoms with Crippen molar-refractivity contribution in [2.75, 3.05) is 5.32 Å². The van der Waals surface area contributed by atoms with Crippen LogP contribution in [0.4, 0.5) is 5.69 Å². The van der Waals surface area contributed by atoms with E-state index < -0.39 is 16.1 Å². The second kappa shape index (κ2) is 6.91. The summed E-state index contributed by atoms with van der Waals surface area (Å²) in [6, 6.07) is 5.86. The second-order valence-electron chi connectivity index (χ2n) is 6.30. The average Bonchev–Trinajstić information content (AvgIpc) is 3.13. The quantitative estimate of drug-likeness (QED) is 0.826. The molecule has 8 nitrogen and oxygen atoms in total. The minimum Gasteiger partial charge on any atom is -0.322 e. The van der Waals surface area contributed by atoms with Crippen molar-refractivity contribution in [1.29, 1.82) is 0 Å². The van der Waals surface area contributed by atoms with Crippen LogP contribution in [-0.4, -0.2) is 36.0 Å². The molecular weight excluding hydrogens is 354 g/mol. The molecule has 2 atom stereocenters. The molecule has 1 aromatic heterocycles.